The van der Waals surface area contributed by atoms with Crippen LogP contribution in [-0.4, -0.2) is 38.6 Å². The summed E-state index contributed by atoms with van der Waals surface area (Å²) in [5, 5.41) is 0. The van der Waals surface area contributed by atoms with Gasteiger partial charge < -0.3 is 18.8 Å². The van der Waals surface area contributed by atoms with Crippen molar-refractivity contribution in [3.8, 4) is 5.75 Å². The fourth-order valence-electron chi connectivity index (χ4n) is 2.24. The fourth-order valence-corrected chi connectivity index (χ4v) is 2.24. The average molecular weight is 330 g/mol. The molecule has 0 bridgehead atoms. The summed E-state index contributed by atoms with van der Waals surface area (Å²) in [6.45, 7) is 9.25. The van der Waals surface area contributed by atoms with Gasteiger partial charge in [0.2, 0.25) is 0 Å². The van der Waals surface area contributed by atoms with Crippen LogP contribution in [0, 0.1) is 0 Å². The van der Waals surface area contributed by atoms with Gasteiger partial charge in [-0.3, -0.25) is 0 Å². The van der Waals surface area contributed by atoms with Gasteiger partial charge in [0.05, 0.1) is 31.5 Å². The van der Waals surface area contributed by atoms with Crippen LogP contribution in [-0.2, 0) is 14.0 Å². The Balaban J connectivity index is 1.67. The SMILES string of the molecule is COc1ccc(/C=C/COC/C=C/B2OC(C)(C)C(C)(C)O2)cc1. The zero-order chi connectivity index (χ0) is 17.6. The highest BCUT2D eigenvalue weighted by atomic mass is 16.7. The molecule has 1 aliphatic rings. The molecule has 5 heteroatoms. The van der Waals surface area contributed by atoms with E-state index in [0.717, 1.165) is 11.3 Å². The van der Waals surface area contributed by atoms with Crippen LogP contribution in [0.5, 0.6) is 5.75 Å². The number of benzene rings is 1. The van der Waals surface area contributed by atoms with Crippen LogP contribution in [0.25, 0.3) is 6.08 Å². The third-order valence-electron chi connectivity index (χ3n) is 4.42. The lowest BCUT2D eigenvalue weighted by Gasteiger charge is -2.32. The minimum atomic E-state index is -0.312. The van der Waals surface area contributed by atoms with E-state index in [-0.39, 0.29) is 18.3 Å². The van der Waals surface area contributed by atoms with Gasteiger partial charge in [0.25, 0.3) is 0 Å². The molecule has 1 saturated heterocycles. The van der Waals surface area contributed by atoms with E-state index in [1.54, 1.807) is 7.11 Å². The van der Waals surface area contributed by atoms with Gasteiger partial charge >= 0.3 is 7.12 Å². The van der Waals surface area contributed by atoms with Crippen LogP contribution >= 0.6 is 0 Å². The molecular weight excluding hydrogens is 303 g/mol. The molecular formula is C19H27BO4. The first-order valence-corrected chi connectivity index (χ1v) is 8.25. The van der Waals surface area contributed by atoms with E-state index in [1.807, 2.05) is 76.2 Å². The maximum absolute atomic E-state index is 5.88. The van der Waals surface area contributed by atoms with E-state index in [9.17, 15) is 0 Å². The summed E-state index contributed by atoms with van der Waals surface area (Å²) in [7, 11) is 1.35. The maximum Gasteiger partial charge on any atom is 0.486 e. The number of hydrogen-bond donors (Lipinski definition) is 0. The van der Waals surface area contributed by atoms with Gasteiger partial charge in [0.1, 0.15) is 5.75 Å². The highest BCUT2D eigenvalue weighted by molar-refractivity contribution is 6.51. The normalized spacial score (nSPS) is 19.5. The number of rotatable bonds is 7. The van der Waals surface area contributed by atoms with E-state index in [4.69, 9.17) is 18.8 Å². The van der Waals surface area contributed by atoms with Gasteiger partial charge in [-0.2, -0.15) is 0 Å². The number of methoxy groups -OCH3 is 1. The molecule has 0 N–H and O–H groups in total. The molecule has 24 heavy (non-hydrogen) atoms. The average Bonchev–Trinajstić information content (AvgIpc) is 2.74. The molecule has 0 saturated carbocycles. The standard InChI is InChI=1S/C19H27BO4/c1-18(2)19(3,4)24-20(23-18)13-7-15-22-14-6-8-16-9-11-17(21-5)12-10-16/h6-13H,14-15H2,1-5H3/b8-6+,13-7+. The minimum Gasteiger partial charge on any atom is -0.497 e. The van der Waals surface area contributed by atoms with Gasteiger partial charge in [0.15, 0.2) is 0 Å². The molecule has 0 aromatic heterocycles. The Labute approximate surface area is 145 Å². The largest absolute Gasteiger partial charge is 0.497 e. The maximum atomic E-state index is 5.88. The summed E-state index contributed by atoms with van der Waals surface area (Å²) in [6, 6.07) is 7.89. The Morgan fingerprint density at radius 3 is 2.12 bits per heavy atom. The predicted molar refractivity (Wildman–Crippen MR) is 98.1 cm³/mol. The lowest BCUT2D eigenvalue weighted by atomic mass is 9.90. The molecule has 1 aromatic rings. The van der Waals surface area contributed by atoms with Crippen molar-refractivity contribution in [1.29, 1.82) is 0 Å². The molecule has 1 aliphatic heterocycles. The first-order valence-electron chi connectivity index (χ1n) is 8.25. The Morgan fingerprint density at radius 2 is 1.54 bits per heavy atom. The van der Waals surface area contributed by atoms with Crippen molar-refractivity contribution in [2.45, 2.75) is 38.9 Å². The van der Waals surface area contributed by atoms with Crippen molar-refractivity contribution in [2.75, 3.05) is 20.3 Å². The van der Waals surface area contributed by atoms with Crippen molar-refractivity contribution >= 4 is 13.2 Å². The predicted octanol–water partition coefficient (Wildman–Crippen LogP) is 3.91. The quantitative estimate of drug-likeness (QED) is 0.561. The molecule has 1 heterocycles. The summed E-state index contributed by atoms with van der Waals surface area (Å²) in [4.78, 5) is 0. The van der Waals surface area contributed by atoms with Crippen molar-refractivity contribution in [3.63, 3.8) is 0 Å². The molecule has 0 aliphatic carbocycles. The first kappa shape index (κ1) is 18.8. The highest BCUT2D eigenvalue weighted by Crippen LogP contribution is 2.36. The van der Waals surface area contributed by atoms with Crippen LogP contribution in [0.4, 0.5) is 0 Å². The third kappa shape index (κ3) is 4.97. The Kier molecular flexibility index (Phi) is 6.27. The van der Waals surface area contributed by atoms with Gasteiger partial charge in [-0.15, -0.1) is 0 Å². The second kappa shape index (κ2) is 8.01. The van der Waals surface area contributed by atoms with Crippen molar-refractivity contribution in [1.82, 2.24) is 0 Å². The zero-order valence-corrected chi connectivity index (χ0v) is 15.2. The lowest BCUT2D eigenvalue weighted by Crippen LogP contribution is -2.41. The Bertz CT molecular complexity index is 560. The molecule has 1 fully saturated rings. The smallest absolute Gasteiger partial charge is 0.486 e. The van der Waals surface area contributed by atoms with E-state index in [1.165, 1.54) is 0 Å². The van der Waals surface area contributed by atoms with Crippen LogP contribution in [0.3, 0.4) is 0 Å². The molecule has 0 unspecified atom stereocenters. The van der Waals surface area contributed by atoms with Crippen LogP contribution in [0.2, 0.25) is 0 Å². The summed E-state index contributed by atoms with van der Waals surface area (Å²) in [6.07, 6.45) is 5.95. The molecule has 130 valence electrons. The van der Waals surface area contributed by atoms with Crippen molar-refractivity contribution in [2.24, 2.45) is 0 Å². The first-order chi connectivity index (χ1) is 11.3. The van der Waals surface area contributed by atoms with Gasteiger partial charge in [-0.1, -0.05) is 36.3 Å². The van der Waals surface area contributed by atoms with Crippen molar-refractivity contribution in [3.05, 3.63) is 48.0 Å². The molecule has 1 aromatic carbocycles. The van der Waals surface area contributed by atoms with Gasteiger partial charge in [-0.25, -0.2) is 0 Å². The molecule has 0 amide bonds. The van der Waals surface area contributed by atoms with E-state index >= 15 is 0 Å². The van der Waals surface area contributed by atoms with Crippen LogP contribution in [0.15, 0.2) is 42.4 Å². The van der Waals surface area contributed by atoms with Gasteiger partial charge in [-0.05, 0) is 45.4 Å². The summed E-state index contributed by atoms with van der Waals surface area (Å²) < 4.78 is 22.4. The lowest BCUT2D eigenvalue weighted by molar-refractivity contribution is 0.00578. The summed E-state index contributed by atoms with van der Waals surface area (Å²) in [5.74, 6) is 2.76. The number of ether oxygens (including phenoxy) is 2. The van der Waals surface area contributed by atoms with E-state index < -0.39 is 0 Å². The van der Waals surface area contributed by atoms with Gasteiger partial charge in [0, 0.05) is 0 Å². The van der Waals surface area contributed by atoms with E-state index in [0.29, 0.717) is 13.2 Å². The molecule has 0 atom stereocenters. The Hall–Kier alpha value is -1.56. The minimum absolute atomic E-state index is 0.302. The summed E-state index contributed by atoms with van der Waals surface area (Å²) in [5.41, 5.74) is 0.514. The molecule has 0 spiro atoms. The number of hydrogen-bond acceptors (Lipinski definition) is 4. The molecule has 0 radical (unpaired) electrons. The zero-order valence-electron chi connectivity index (χ0n) is 15.2. The third-order valence-corrected chi connectivity index (χ3v) is 4.42. The second-order valence-corrected chi connectivity index (χ2v) is 6.77. The van der Waals surface area contributed by atoms with Crippen LogP contribution in [0.1, 0.15) is 33.3 Å². The molecule has 2 rings (SSSR count). The van der Waals surface area contributed by atoms with Crippen LogP contribution < -0.4 is 4.74 Å². The molecule has 4 nitrogen and oxygen atoms in total. The highest BCUT2D eigenvalue weighted by Gasteiger charge is 2.49. The topological polar surface area (TPSA) is 36.9 Å². The van der Waals surface area contributed by atoms with Crippen molar-refractivity contribution < 1.29 is 18.8 Å². The monoisotopic (exact) mass is 330 g/mol. The van der Waals surface area contributed by atoms with E-state index in [2.05, 4.69) is 0 Å². The summed E-state index contributed by atoms with van der Waals surface area (Å²) >= 11 is 0. The Morgan fingerprint density at radius 1 is 0.958 bits per heavy atom. The second-order valence-electron chi connectivity index (χ2n) is 6.77. The fraction of sp³-hybridized carbons (Fsp3) is 0.474.